The number of aliphatic carboxylic acids is 1. The standard InChI is InChI=1S/C10H17N3O4S2/c11-1-6(14)2-12-7-4-18-19-5-8(10(16)17)13-3-9(7)15/h7-8,12-13H,1-5,11H2,(H,16,17)/t7-,8-/m0/s1. The van der Waals surface area contributed by atoms with Crippen LogP contribution in [0.15, 0.2) is 0 Å². The smallest absolute Gasteiger partial charge is 0.321 e. The highest BCUT2D eigenvalue weighted by Crippen LogP contribution is 2.24. The second-order valence-corrected chi connectivity index (χ2v) is 6.54. The van der Waals surface area contributed by atoms with E-state index in [0.717, 1.165) is 0 Å². The first-order valence-corrected chi connectivity index (χ1v) is 8.22. The summed E-state index contributed by atoms with van der Waals surface area (Å²) < 4.78 is 0. The first-order chi connectivity index (χ1) is 9.04. The van der Waals surface area contributed by atoms with Crippen molar-refractivity contribution in [3.63, 3.8) is 0 Å². The molecule has 0 aliphatic carbocycles. The van der Waals surface area contributed by atoms with Gasteiger partial charge in [-0.2, -0.15) is 0 Å². The minimum atomic E-state index is -0.967. The predicted molar refractivity (Wildman–Crippen MR) is 75.2 cm³/mol. The SMILES string of the molecule is NCC(=O)CN[C@H]1CSSC[C@@H](C(=O)O)NCC1=O. The maximum absolute atomic E-state index is 11.9. The van der Waals surface area contributed by atoms with Gasteiger partial charge in [0.2, 0.25) is 0 Å². The highest BCUT2D eigenvalue weighted by Gasteiger charge is 2.25. The number of ketones is 2. The number of hydrogen-bond donors (Lipinski definition) is 4. The van der Waals surface area contributed by atoms with Gasteiger partial charge < -0.3 is 10.8 Å². The van der Waals surface area contributed by atoms with Crippen molar-refractivity contribution in [1.82, 2.24) is 10.6 Å². The van der Waals surface area contributed by atoms with Crippen LogP contribution in [0.3, 0.4) is 0 Å². The lowest BCUT2D eigenvalue weighted by Crippen LogP contribution is -2.48. The van der Waals surface area contributed by atoms with Crippen molar-refractivity contribution in [2.24, 2.45) is 5.73 Å². The van der Waals surface area contributed by atoms with Gasteiger partial charge in [-0.25, -0.2) is 0 Å². The van der Waals surface area contributed by atoms with Gasteiger partial charge in [-0.1, -0.05) is 21.6 Å². The molecular weight excluding hydrogens is 290 g/mol. The summed E-state index contributed by atoms with van der Waals surface area (Å²) in [5.74, 6) is -0.393. The van der Waals surface area contributed by atoms with Crippen LogP contribution in [0, 0.1) is 0 Å². The Morgan fingerprint density at radius 1 is 1.42 bits per heavy atom. The molecular formula is C10H17N3O4S2. The number of carbonyl (C=O) groups is 3. The van der Waals surface area contributed by atoms with Crippen molar-refractivity contribution < 1.29 is 19.5 Å². The Hall–Kier alpha value is -0.610. The second-order valence-electron chi connectivity index (χ2n) is 3.98. The van der Waals surface area contributed by atoms with Crippen LogP contribution in [0.4, 0.5) is 0 Å². The van der Waals surface area contributed by atoms with Crippen molar-refractivity contribution in [3.8, 4) is 0 Å². The molecule has 1 heterocycles. The summed E-state index contributed by atoms with van der Waals surface area (Å²) >= 11 is 0. The van der Waals surface area contributed by atoms with Crippen LogP contribution in [0.2, 0.25) is 0 Å². The molecule has 9 heteroatoms. The number of carboxylic acids is 1. The van der Waals surface area contributed by atoms with Crippen molar-refractivity contribution >= 4 is 39.1 Å². The number of rotatable bonds is 5. The fourth-order valence-electron chi connectivity index (χ4n) is 1.37. The van der Waals surface area contributed by atoms with E-state index >= 15 is 0 Å². The molecule has 0 radical (unpaired) electrons. The van der Waals surface area contributed by atoms with E-state index < -0.39 is 18.1 Å². The molecule has 1 fully saturated rings. The zero-order chi connectivity index (χ0) is 14.3. The van der Waals surface area contributed by atoms with Crippen LogP contribution in [0.1, 0.15) is 0 Å². The number of nitrogens with two attached hydrogens (primary N) is 1. The van der Waals surface area contributed by atoms with Gasteiger partial charge in [-0.05, 0) is 0 Å². The molecule has 1 saturated heterocycles. The monoisotopic (exact) mass is 307 g/mol. The molecule has 108 valence electrons. The summed E-state index contributed by atoms with van der Waals surface area (Å²) in [5.41, 5.74) is 5.19. The lowest BCUT2D eigenvalue weighted by atomic mass is 10.2. The van der Waals surface area contributed by atoms with Gasteiger partial charge in [0, 0.05) is 11.5 Å². The van der Waals surface area contributed by atoms with Crippen LogP contribution in [-0.2, 0) is 14.4 Å². The molecule has 1 rings (SSSR count). The molecule has 0 bridgehead atoms. The van der Waals surface area contributed by atoms with Crippen molar-refractivity contribution in [3.05, 3.63) is 0 Å². The molecule has 0 aromatic heterocycles. The Morgan fingerprint density at radius 2 is 2.11 bits per heavy atom. The van der Waals surface area contributed by atoms with E-state index in [2.05, 4.69) is 10.6 Å². The van der Waals surface area contributed by atoms with Crippen molar-refractivity contribution in [2.75, 3.05) is 31.1 Å². The van der Waals surface area contributed by atoms with Gasteiger partial charge in [0.05, 0.1) is 25.7 Å². The normalized spacial score (nSPS) is 25.2. The predicted octanol–water partition coefficient (Wildman–Crippen LogP) is -1.52. The fraction of sp³-hybridized carbons (Fsp3) is 0.700. The van der Waals surface area contributed by atoms with Crippen LogP contribution in [0.25, 0.3) is 0 Å². The Kier molecular flexibility index (Phi) is 7.39. The summed E-state index contributed by atoms with van der Waals surface area (Å²) in [5, 5.41) is 14.5. The van der Waals surface area contributed by atoms with E-state index in [4.69, 9.17) is 10.8 Å². The summed E-state index contributed by atoms with van der Waals surface area (Å²) in [7, 11) is 2.82. The van der Waals surface area contributed by atoms with Crippen LogP contribution in [0.5, 0.6) is 0 Å². The zero-order valence-corrected chi connectivity index (χ0v) is 11.9. The maximum atomic E-state index is 11.9. The molecule has 0 aromatic carbocycles. The highest BCUT2D eigenvalue weighted by molar-refractivity contribution is 8.76. The van der Waals surface area contributed by atoms with Gasteiger partial charge in [0.1, 0.15) is 6.04 Å². The average Bonchev–Trinajstić information content (AvgIpc) is 2.47. The van der Waals surface area contributed by atoms with E-state index in [9.17, 15) is 14.4 Å². The number of carboxylic acid groups (broad SMARTS) is 1. The molecule has 0 unspecified atom stereocenters. The molecule has 0 spiro atoms. The number of Topliss-reactive ketones (excluding diaryl/α,β-unsaturated/α-hetero) is 2. The van der Waals surface area contributed by atoms with E-state index in [1.54, 1.807) is 0 Å². The topological polar surface area (TPSA) is 122 Å². The van der Waals surface area contributed by atoms with Gasteiger partial charge in [-0.15, -0.1) is 0 Å². The largest absolute Gasteiger partial charge is 0.480 e. The van der Waals surface area contributed by atoms with Crippen LogP contribution in [-0.4, -0.2) is 65.9 Å². The summed E-state index contributed by atoms with van der Waals surface area (Å²) in [6, 6.07) is -1.20. The lowest BCUT2D eigenvalue weighted by molar-refractivity contribution is -0.138. The molecule has 1 aliphatic heterocycles. The average molecular weight is 307 g/mol. The molecule has 5 N–H and O–H groups in total. The third-order valence-corrected chi connectivity index (χ3v) is 4.96. The minimum absolute atomic E-state index is 0.0213. The third kappa shape index (κ3) is 5.91. The number of nitrogens with one attached hydrogen (secondary N) is 2. The van der Waals surface area contributed by atoms with Crippen LogP contribution < -0.4 is 16.4 Å². The zero-order valence-electron chi connectivity index (χ0n) is 10.3. The molecule has 1 aliphatic rings. The van der Waals surface area contributed by atoms with Crippen molar-refractivity contribution in [1.29, 1.82) is 0 Å². The lowest BCUT2D eigenvalue weighted by Gasteiger charge is -2.15. The Bertz CT molecular complexity index is 354. The molecule has 7 nitrogen and oxygen atoms in total. The highest BCUT2D eigenvalue weighted by atomic mass is 33.1. The van der Waals surface area contributed by atoms with E-state index in [1.165, 1.54) is 21.6 Å². The van der Waals surface area contributed by atoms with Gasteiger partial charge in [-0.3, -0.25) is 25.0 Å². The third-order valence-electron chi connectivity index (χ3n) is 2.54. The second kappa shape index (κ2) is 8.54. The molecule has 0 saturated carbocycles. The van der Waals surface area contributed by atoms with E-state index in [-0.39, 0.29) is 31.2 Å². The Morgan fingerprint density at radius 3 is 2.74 bits per heavy atom. The van der Waals surface area contributed by atoms with Gasteiger partial charge in [0.15, 0.2) is 11.6 Å². The molecule has 0 aromatic rings. The van der Waals surface area contributed by atoms with E-state index in [1.807, 2.05) is 0 Å². The van der Waals surface area contributed by atoms with Crippen LogP contribution >= 0.6 is 21.6 Å². The molecule has 2 atom stereocenters. The number of hydrogen-bond acceptors (Lipinski definition) is 8. The summed E-state index contributed by atoms with van der Waals surface area (Å²) in [4.78, 5) is 33.9. The minimum Gasteiger partial charge on any atom is -0.480 e. The van der Waals surface area contributed by atoms with Gasteiger partial charge in [0.25, 0.3) is 0 Å². The molecule has 19 heavy (non-hydrogen) atoms. The Labute approximate surface area is 118 Å². The van der Waals surface area contributed by atoms with E-state index in [0.29, 0.717) is 11.5 Å². The summed E-state index contributed by atoms with van der Waals surface area (Å²) in [6.45, 7) is -0.0256. The van der Waals surface area contributed by atoms with Crippen molar-refractivity contribution in [2.45, 2.75) is 12.1 Å². The fourth-order valence-corrected chi connectivity index (χ4v) is 3.79. The number of carbonyl (C=O) groups excluding carboxylic acids is 2. The van der Waals surface area contributed by atoms with Gasteiger partial charge >= 0.3 is 5.97 Å². The first kappa shape index (κ1) is 16.4. The maximum Gasteiger partial charge on any atom is 0.321 e. The summed E-state index contributed by atoms with van der Waals surface area (Å²) in [6.07, 6.45) is 0. The Balaban J connectivity index is 2.52. The molecule has 0 amide bonds. The first-order valence-electron chi connectivity index (χ1n) is 5.73. The quantitative estimate of drug-likeness (QED) is 0.448.